The third-order valence-corrected chi connectivity index (χ3v) is 3.20. The lowest BCUT2D eigenvalue weighted by atomic mass is 9.82. The molecule has 1 rings (SSSR count). The third kappa shape index (κ3) is 4.45. The Balaban J connectivity index is 2.85. The fourth-order valence-electron chi connectivity index (χ4n) is 1.90. The van der Waals surface area contributed by atoms with Crippen molar-refractivity contribution in [3.05, 3.63) is 29.8 Å². The van der Waals surface area contributed by atoms with Gasteiger partial charge in [-0.15, -0.1) is 0 Å². The Morgan fingerprint density at radius 1 is 1.29 bits per heavy atom. The van der Waals surface area contributed by atoms with E-state index in [-0.39, 0.29) is 17.3 Å². The summed E-state index contributed by atoms with van der Waals surface area (Å²) in [5, 5.41) is 9.50. The van der Waals surface area contributed by atoms with Crippen LogP contribution < -0.4 is 4.74 Å². The minimum absolute atomic E-state index is 0.0391. The van der Waals surface area contributed by atoms with Crippen LogP contribution in [0.4, 0.5) is 0 Å². The molecule has 0 saturated heterocycles. The molecule has 21 heavy (non-hydrogen) atoms. The van der Waals surface area contributed by atoms with Gasteiger partial charge in [-0.25, -0.2) is 0 Å². The topological polar surface area (TPSA) is 63.6 Å². The number of rotatable bonds is 5. The molecule has 0 spiro atoms. The Labute approximate surface area is 125 Å². The molecule has 0 aliphatic heterocycles. The Morgan fingerprint density at radius 2 is 1.90 bits per heavy atom. The highest BCUT2D eigenvalue weighted by molar-refractivity contribution is 6.10. The van der Waals surface area contributed by atoms with Crippen LogP contribution in [-0.4, -0.2) is 23.8 Å². The van der Waals surface area contributed by atoms with Crippen molar-refractivity contribution in [1.82, 2.24) is 0 Å². The van der Waals surface area contributed by atoms with Gasteiger partial charge in [0.1, 0.15) is 5.78 Å². The van der Waals surface area contributed by atoms with Crippen LogP contribution in [0.5, 0.6) is 11.5 Å². The zero-order valence-electron chi connectivity index (χ0n) is 13.1. The Hall–Kier alpha value is -2.10. The first kappa shape index (κ1) is 17.0. The van der Waals surface area contributed by atoms with E-state index in [4.69, 9.17) is 4.74 Å². The van der Waals surface area contributed by atoms with Crippen LogP contribution in [0.25, 0.3) is 6.08 Å². The van der Waals surface area contributed by atoms with Gasteiger partial charge in [-0.3, -0.25) is 9.59 Å². The van der Waals surface area contributed by atoms with Crippen LogP contribution in [0.15, 0.2) is 24.3 Å². The van der Waals surface area contributed by atoms with Gasteiger partial charge in [-0.1, -0.05) is 32.9 Å². The van der Waals surface area contributed by atoms with Gasteiger partial charge in [-0.05, 0) is 30.7 Å². The highest BCUT2D eigenvalue weighted by Gasteiger charge is 2.29. The summed E-state index contributed by atoms with van der Waals surface area (Å²) in [6.45, 7) is 7.02. The lowest BCUT2D eigenvalue weighted by Crippen LogP contribution is -2.30. The smallest absolute Gasteiger partial charge is 0.165 e. The summed E-state index contributed by atoms with van der Waals surface area (Å²) in [6.07, 6.45) is 3.00. The van der Waals surface area contributed by atoms with E-state index in [1.165, 1.54) is 19.3 Å². The van der Waals surface area contributed by atoms with Crippen molar-refractivity contribution < 1.29 is 19.4 Å². The fraction of sp³-hybridized carbons (Fsp3) is 0.412. The molecule has 4 heteroatoms. The number of hydrogen-bond acceptors (Lipinski definition) is 4. The van der Waals surface area contributed by atoms with Crippen LogP contribution in [0.3, 0.4) is 0 Å². The number of ketones is 2. The van der Waals surface area contributed by atoms with Crippen molar-refractivity contribution in [2.45, 2.75) is 27.7 Å². The van der Waals surface area contributed by atoms with E-state index in [0.717, 1.165) is 0 Å². The number of methoxy groups -OCH3 is 1. The van der Waals surface area contributed by atoms with E-state index >= 15 is 0 Å². The van der Waals surface area contributed by atoms with Crippen LogP contribution in [-0.2, 0) is 9.59 Å². The van der Waals surface area contributed by atoms with Crippen molar-refractivity contribution in [2.24, 2.45) is 11.3 Å². The zero-order chi connectivity index (χ0) is 16.2. The van der Waals surface area contributed by atoms with E-state index < -0.39 is 11.3 Å². The quantitative estimate of drug-likeness (QED) is 0.668. The first-order chi connectivity index (χ1) is 9.66. The molecule has 0 aliphatic rings. The molecule has 0 heterocycles. The number of ether oxygens (including phenoxy) is 1. The van der Waals surface area contributed by atoms with Crippen LogP contribution in [0.2, 0.25) is 0 Å². The van der Waals surface area contributed by atoms with Gasteiger partial charge < -0.3 is 9.84 Å². The van der Waals surface area contributed by atoms with Crippen molar-refractivity contribution >= 4 is 17.6 Å². The number of hydrogen-bond donors (Lipinski definition) is 1. The van der Waals surface area contributed by atoms with Crippen molar-refractivity contribution in [3.8, 4) is 11.5 Å². The normalized spacial score (nSPS) is 13.2. The molecule has 0 amide bonds. The molecule has 0 radical (unpaired) electrons. The first-order valence-corrected chi connectivity index (χ1v) is 6.80. The number of allylic oxidation sites excluding steroid dienone is 1. The predicted molar refractivity (Wildman–Crippen MR) is 82.3 cm³/mol. The summed E-state index contributed by atoms with van der Waals surface area (Å²) < 4.78 is 5.00. The average Bonchev–Trinajstić information content (AvgIpc) is 2.43. The minimum Gasteiger partial charge on any atom is -0.504 e. The SMILES string of the molecule is COc1cc(/C=C/C(=O)C(C)C(=O)C(C)(C)C)ccc1O. The number of Topliss-reactive ketones (excluding diaryl/α,β-unsaturated/α-hetero) is 1. The van der Waals surface area contributed by atoms with Crippen molar-refractivity contribution in [2.75, 3.05) is 7.11 Å². The van der Waals surface area contributed by atoms with Crippen molar-refractivity contribution in [3.63, 3.8) is 0 Å². The first-order valence-electron chi connectivity index (χ1n) is 6.80. The standard InChI is InChI=1S/C17H22O4/c1-11(16(20)17(2,3)4)13(18)8-6-12-7-9-14(19)15(10-12)21-5/h6-11,19H,1-5H3/b8-6+. The largest absolute Gasteiger partial charge is 0.504 e. The Morgan fingerprint density at radius 3 is 2.43 bits per heavy atom. The van der Waals surface area contributed by atoms with Gasteiger partial charge in [-0.2, -0.15) is 0 Å². The van der Waals surface area contributed by atoms with Gasteiger partial charge in [0.2, 0.25) is 0 Å². The molecule has 0 aliphatic carbocycles. The van der Waals surface area contributed by atoms with E-state index in [0.29, 0.717) is 11.3 Å². The summed E-state index contributed by atoms with van der Waals surface area (Å²) in [7, 11) is 1.46. The molecular formula is C17H22O4. The van der Waals surface area contributed by atoms with E-state index in [1.807, 2.05) is 0 Å². The second kappa shape index (κ2) is 6.57. The van der Waals surface area contributed by atoms with Gasteiger partial charge >= 0.3 is 0 Å². The summed E-state index contributed by atoms with van der Waals surface area (Å²) >= 11 is 0. The molecule has 0 aromatic heterocycles. The highest BCUT2D eigenvalue weighted by Crippen LogP contribution is 2.27. The van der Waals surface area contributed by atoms with E-state index in [2.05, 4.69) is 0 Å². The molecule has 0 saturated carbocycles. The summed E-state index contributed by atoms with van der Waals surface area (Å²) in [4.78, 5) is 24.1. The van der Waals surface area contributed by atoms with Crippen molar-refractivity contribution in [1.29, 1.82) is 0 Å². The van der Waals surface area contributed by atoms with Gasteiger partial charge in [0.05, 0.1) is 13.0 Å². The summed E-state index contributed by atoms with van der Waals surface area (Å²) in [6, 6.07) is 4.78. The van der Waals surface area contributed by atoms with E-state index in [1.54, 1.807) is 45.9 Å². The molecule has 114 valence electrons. The third-order valence-electron chi connectivity index (χ3n) is 3.20. The second-order valence-electron chi connectivity index (χ2n) is 6.00. The summed E-state index contributed by atoms with van der Waals surface area (Å²) in [5.41, 5.74) is 0.179. The predicted octanol–water partition coefficient (Wildman–Crippen LogP) is 3.23. The molecule has 0 fully saturated rings. The molecule has 1 unspecified atom stereocenters. The summed E-state index contributed by atoms with van der Waals surface area (Å²) in [5.74, 6) is -0.608. The Kier molecular flexibility index (Phi) is 5.30. The lowest BCUT2D eigenvalue weighted by molar-refractivity contribution is -0.135. The fourth-order valence-corrected chi connectivity index (χ4v) is 1.90. The monoisotopic (exact) mass is 290 g/mol. The number of phenolic OH excluding ortho intramolecular Hbond substituents is 1. The number of aromatic hydroxyl groups is 1. The zero-order valence-corrected chi connectivity index (χ0v) is 13.1. The number of carbonyl (C=O) groups excluding carboxylic acids is 2. The molecule has 1 N–H and O–H groups in total. The molecule has 1 atom stereocenters. The lowest BCUT2D eigenvalue weighted by Gasteiger charge is -2.20. The highest BCUT2D eigenvalue weighted by atomic mass is 16.5. The van der Waals surface area contributed by atoms with Gasteiger partial charge in [0.25, 0.3) is 0 Å². The average molecular weight is 290 g/mol. The number of phenols is 1. The number of carbonyl (C=O) groups is 2. The second-order valence-corrected chi connectivity index (χ2v) is 6.00. The number of benzene rings is 1. The van der Waals surface area contributed by atoms with Gasteiger partial charge in [0.15, 0.2) is 17.3 Å². The maximum Gasteiger partial charge on any atom is 0.165 e. The van der Waals surface area contributed by atoms with Crippen LogP contribution in [0, 0.1) is 11.3 Å². The molecule has 1 aromatic rings. The van der Waals surface area contributed by atoms with Crippen LogP contribution >= 0.6 is 0 Å². The maximum atomic E-state index is 12.1. The Bertz CT molecular complexity index is 565. The molecule has 0 bridgehead atoms. The van der Waals surface area contributed by atoms with E-state index in [9.17, 15) is 14.7 Å². The minimum atomic E-state index is -0.666. The molecule has 4 nitrogen and oxygen atoms in total. The maximum absolute atomic E-state index is 12.1. The van der Waals surface area contributed by atoms with Crippen LogP contribution in [0.1, 0.15) is 33.3 Å². The molecule has 1 aromatic carbocycles. The molecular weight excluding hydrogens is 268 g/mol. The van der Waals surface area contributed by atoms with Gasteiger partial charge in [0, 0.05) is 5.41 Å².